The Bertz CT molecular complexity index is 732. The zero-order chi connectivity index (χ0) is 16.6. The SMILES string of the molecule is FC(F)(F)c1cc(Nc2ccc(Cl)c(Cl)c2)nc(NC2CC2)n1. The molecule has 0 saturated heterocycles. The highest BCUT2D eigenvalue weighted by atomic mass is 35.5. The molecular formula is C14H11Cl2F3N4. The Morgan fingerprint density at radius 2 is 1.78 bits per heavy atom. The summed E-state index contributed by atoms with van der Waals surface area (Å²) in [7, 11) is 0. The monoisotopic (exact) mass is 362 g/mol. The van der Waals surface area contributed by atoms with E-state index in [1.54, 1.807) is 12.1 Å². The lowest BCUT2D eigenvalue weighted by Gasteiger charge is -2.13. The van der Waals surface area contributed by atoms with E-state index in [0.717, 1.165) is 18.9 Å². The summed E-state index contributed by atoms with van der Waals surface area (Å²) in [4.78, 5) is 7.59. The maximum absolute atomic E-state index is 13.0. The third kappa shape index (κ3) is 4.17. The van der Waals surface area contributed by atoms with Crippen molar-refractivity contribution in [2.75, 3.05) is 10.6 Å². The minimum absolute atomic E-state index is 0.0221. The van der Waals surface area contributed by atoms with Crippen molar-refractivity contribution in [3.8, 4) is 0 Å². The summed E-state index contributed by atoms with van der Waals surface area (Å²) in [5.74, 6) is -0.0289. The van der Waals surface area contributed by atoms with Crippen molar-refractivity contribution in [3.05, 3.63) is 40.0 Å². The second-order valence-electron chi connectivity index (χ2n) is 5.13. The summed E-state index contributed by atoms with van der Waals surface area (Å²) >= 11 is 11.7. The fourth-order valence-electron chi connectivity index (χ4n) is 1.85. The third-order valence-electron chi connectivity index (χ3n) is 3.12. The molecule has 0 amide bonds. The van der Waals surface area contributed by atoms with Gasteiger partial charge in [0.05, 0.1) is 10.0 Å². The Labute approximate surface area is 140 Å². The summed E-state index contributed by atoms with van der Waals surface area (Å²) in [6.07, 6.45) is -2.76. The minimum Gasteiger partial charge on any atom is -0.351 e. The van der Waals surface area contributed by atoms with Crippen LogP contribution in [-0.2, 0) is 6.18 Å². The average molecular weight is 363 g/mol. The first-order valence-corrected chi connectivity index (χ1v) is 7.52. The van der Waals surface area contributed by atoms with Gasteiger partial charge in [0, 0.05) is 17.8 Å². The lowest BCUT2D eigenvalue weighted by Crippen LogP contribution is -2.14. The number of alkyl halides is 3. The number of nitrogens with one attached hydrogen (secondary N) is 2. The molecule has 4 nitrogen and oxygen atoms in total. The summed E-state index contributed by atoms with van der Waals surface area (Å²) in [6, 6.07) is 5.63. The molecule has 0 bridgehead atoms. The molecule has 1 aliphatic carbocycles. The summed E-state index contributed by atoms with van der Waals surface area (Å²) < 4.78 is 38.9. The molecule has 2 N–H and O–H groups in total. The molecule has 0 unspecified atom stereocenters. The smallest absolute Gasteiger partial charge is 0.351 e. The standard InChI is InChI=1S/C14H11Cl2F3N4/c15-9-4-3-8(5-10(9)16)20-12-6-11(14(17,18)19)22-13(23-12)21-7-1-2-7/h3-7H,1-2H2,(H2,20,21,22,23). The van der Waals surface area contributed by atoms with Crippen LogP contribution < -0.4 is 10.6 Å². The van der Waals surface area contributed by atoms with Crippen molar-refractivity contribution in [1.29, 1.82) is 0 Å². The van der Waals surface area contributed by atoms with Gasteiger partial charge in [-0.25, -0.2) is 4.98 Å². The molecule has 1 fully saturated rings. The van der Waals surface area contributed by atoms with Gasteiger partial charge in [-0.3, -0.25) is 0 Å². The number of nitrogens with zero attached hydrogens (tertiary/aromatic N) is 2. The second-order valence-corrected chi connectivity index (χ2v) is 5.95. The number of halogens is 5. The second kappa shape index (κ2) is 6.05. The molecule has 1 aromatic heterocycles. The topological polar surface area (TPSA) is 49.8 Å². The number of hydrogen-bond acceptors (Lipinski definition) is 4. The van der Waals surface area contributed by atoms with Gasteiger partial charge in [-0.1, -0.05) is 23.2 Å². The quantitative estimate of drug-likeness (QED) is 0.792. The van der Waals surface area contributed by atoms with Crippen LogP contribution in [0, 0.1) is 0 Å². The number of hydrogen-bond donors (Lipinski definition) is 2. The van der Waals surface area contributed by atoms with E-state index in [2.05, 4.69) is 20.6 Å². The zero-order valence-corrected chi connectivity index (χ0v) is 13.1. The fraction of sp³-hybridized carbons (Fsp3) is 0.286. The number of aromatic nitrogens is 2. The molecule has 0 spiro atoms. The van der Waals surface area contributed by atoms with Crippen molar-refractivity contribution in [1.82, 2.24) is 9.97 Å². The molecule has 1 aliphatic rings. The maximum atomic E-state index is 13.0. The predicted molar refractivity (Wildman–Crippen MR) is 83.4 cm³/mol. The Morgan fingerprint density at radius 1 is 1.04 bits per heavy atom. The molecule has 2 aromatic rings. The van der Waals surface area contributed by atoms with Crippen molar-refractivity contribution in [2.24, 2.45) is 0 Å². The Kier molecular flexibility index (Phi) is 4.25. The van der Waals surface area contributed by atoms with Crippen LogP contribution in [0.3, 0.4) is 0 Å². The first kappa shape index (κ1) is 16.1. The minimum atomic E-state index is -4.56. The van der Waals surface area contributed by atoms with Crippen LogP contribution in [0.2, 0.25) is 10.0 Å². The Hall–Kier alpha value is -1.73. The van der Waals surface area contributed by atoms with E-state index in [1.807, 2.05) is 0 Å². The van der Waals surface area contributed by atoms with Gasteiger partial charge < -0.3 is 10.6 Å². The lowest BCUT2D eigenvalue weighted by atomic mass is 10.3. The van der Waals surface area contributed by atoms with Crippen LogP contribution in [0.4, 0.5) is 30.6 Å². The van der Waals surface area contributed by atoms with Gasteiger partial charge in [0.15, 0.2) is 5.69 Å². The molecule has 0 atom stereocenters. The van der Waals surface area contributed by atoms with Gasteiger partial charge in [-0.2, -0.15) is 18.2 Å². The van der Waals surface area contributed by atoms with Crippen LogP contribution in [0.25, 0.3) is 0 Å². The molecule has 122 valence electrons. The van der Waals surface area contributed by atoms with Crippen LogP contribution >= 0.6 is 23.2 Å². The largest absolute Gasteiger partial charge is 0.433 e. The highest BCUT2D eigenvalue weighted by molar-refractivity contribution is 6.42. The van der Waals surface area contributed by atoms with Crippen LogP contribution in [-0.4, -0.2) is 16.0 Å². The summed E-state index contributed by atoms with van der Waals surface area (Å²) in [5, 5.41) is 6.29. The van der Waals surface area contributed by atoms with Crippen LogP contribution in [0.1, 0.15) is 18.5 Å². The van der Waals surface area contributed by atoms with E-state index in [4.69, 9.17) is 23.2 Å². The van der Waals surface area contributed by atoms with Crippen molar-refractivity contribution < 1.29 is 13.2 Å². The lowest BCUT2D eigenvalue weighted by molar-refractivity contribution is -0.141. The van der Waals surface area contributed by atoms with E-state index >= 15 is 0 Å². The molecule has 9 heteroatoms. The zero-order valence-electron chi connectivity index (χ0n) is 11.6. The molecule has 3 rings (SSSR count). The number of benzene rings is 1. The predicted octanol–water partition coefficient (Wildman–Crippen LogP) is 5.12. The van der Waals surface area contributed by atoms with E-state index in [9.17, 15) is 13.2 Å². The van der Waals surface area contributed by atoms with Crippen molar-refractivity contribution >= 4 is 40.7 Å². The third-order valence-corrected chi connectivity index (χ3v) is 3.86. The van der Waals surface area contributed by atoms with Gasteiger partial charge in [-0.15, -0.1) is 0 Å². The Balaban J connectivity index is 1.91. The first-order valence-electron chi connectivity index (χ1n) is 6.76. The highest BCUT2D eigenvalue weighted by Gasteiger charge is 2.34. The van der Waals surface area contributed by atoms with Crippen molar-refractivity contribution in [3.63, 3.8) is 0 Å². The van der Waals surface area contributed by atoms with Crippen molar-refractivity contribution in [2.45, 2.75) is 25.1 Å². The molecule has 23 heavy (non-hydrogen) atoms. The molecule has 1 saturated carbocycles. The van der Waals surface area contributed by atoms with Crippen LogP contribution in [0.15, 0.2) is 24.3 Å². The van der Waals surface area contributed by atoms with E-state index in [0.29, 0.717) is 10.7 Å². The molecule has 1 aromatic carbocycles. The number of rotatable bonds is 4. The number of anilines is 3. The molecule has 0 aliphatic heterocycles. The van der Waals surface area contributed by atoms with E-state index in [1.165, 1.54) is 6.07 Å². The van der Waals surface area contributed by atoms with Gasteiger partial charge in [0.2, 0.25) is 5.95 Å². The molecule has 1 heterocycles. The first-order chi connectivity index (χ1) is 10.8. The normalized spacial score (nSPS) is 14.7. The Morgan fingerprint density at radius 3 is 2.39 bits per heavy atom. The molecule has 0 radical (unpaired) electrons. The van der Waals surface area contributed by atoms with E-state index < -0.39 is 11.9 Å². The fourth-order valence-corrected chi connectivity index (χ4v) is 2.15. The summed E-state index contributed by atoms with van der Waals surface area (Å²) in [6.45, 7) is 0. The highest BCUT2D eigenvalue weighted by Crippen LogP contribution is 2.32. The van der Waals surface area contributed by atoms with Gasteiger partial charge in [-0.05, 0) is 31.0 Å². The maximum Gasteiger partial charge on any atom is 0.433 e. The summed E-state index contributed by atoms with van der Waals surface area (Å²) in [5.41, 5.74) is -0.540. The van der Waals surface area contributed by atoms with Gasteiger partial charge >= 0.3 is 6.18 Å². The molecular weight excluding hydrogens is 352 g/mol. The van der Waals surface area contributed by atoms with Gasteiger partial charge in [0.1, 0.15) is 5.82 Å². The van der Waals surface area contributed by atoms with Gasteiger partial charge in [0.25, 0.3) is 0 Å². The van der Waals surface area contributed by atoms with Crippen LogP contribution in [0.5, 0.6) is 0 Å². The van der Waals surface area contributed by atoms with E-state index in [-0.39, 0.29) is 22.8 Å². The average Bonchev–Trinajstić information content (AvgIpc) is 3.26.